The van der Waals surface area contributed by atoms with Crippen LogP contribution in [0.2, 0.25) is 0 Å². The molecule has 0 bridgehead atoms. The zero-order chi connectivity index (χ0) is 20.6. The number of imidazole rings is 1. The molecule has 1 unspecified atom stereocenters. The first kappa shape index (κ1) is 20.7. The highest BCUT2D eigenvalue weighted by atomic mass is 31.2. The van der Waals surface area contributed by atoms with Crippen molar-refractivity contribution in [3.63, 3.8) is 0 Å². The van der Waals surface area contributed by atoms with E-state index in [1.54, 1.807) is 11.5 Å². The number of rotatable bonds is 3. The number of nitrogens with zero attached hydrogens (tertiary/aromatic N) is 4. The van der Waals surface area contributed by atoms with Crippen LogP contribution in [0.1, 0.15) is 38.8 Å². The molecule has 2 fully saturated rings. The Hall–Kier alpha value is -1.56. The maximum atomic E-state index is 10.8. The second-order valence-corrected chi connectivity index (χ2v) is 9.07. The van der Waals surface area contributed by atoms with Gasteiger partial charge in [-0.25, -0.2) is 19.8 Å². The molecule has 1 saturated carbocycles. The van der Waals surface area contributed by atoms with E-state index in [0.29, 0.717) is 17.1 Å². The number of hydrogen-bond acceptors (Lipinski definition) is 10. The summed E-state index contributed by atoms with van der Waals surface area (Å²) in [6, 6.07) is 0.255. The summed E-state index contributed by atoms with van der Waals surface area (Å²) in [6.07, 6.45) is 3.08. The van der Waals surface area contributed by atoms with Crippen molar-refractivity contribution >= 4 is 38.3 Å². The molecule has 156 valence electrons. The normalized spacial score (nSPS) is 32.0. The first-order valence-electron chi connectivity index (χ1n) is 9.62. The Morgan fingerprint density at radius 2 is 2.00 bits per heavy atom. The van der Waals surface area contributed by atoms with Gasteiger partial charge >= 0.3 is 15.4 Å². The van der Waals surface area contributed by atoms with Crippen molar-refractivity contribution in [2.75, 3.05) is 24.3 Å². The number of aromatic nitrogens is 4. The fourth-order valence-corrected chi connectivity index (χ4v) is 4.50. The maximum absolute atomic E-state index is 10.8. The van der Waals surface area contributed by atoms with Gasteiger partial charge in [-0.2, -0.15) is 9.05 Å². The molecule has 1 saturated heterocycles. The average Bonchev–Trinajstić information content (AvgIpc) is 3.32. The quantitative estimate of drug-likeness (QED) is 0.414. The van der Waals surface area contributed by atoms with Gasteiger partial charge < -0.3 is 20.9 Å². The van der Waals surface area contributed by atoms with E-state index in [9.17, 15) is 10.00 Å². The molecule has 2 aliphatic rings. The van der Waals surface area contributed by atoms with Crippen molar-refractivity contribution in [1.29, 1.82) is 0 Å². The van der Waals surface area contributed by atoms with Crippen LogP contribution in [-0.2, 0) is 13.8 Å². The topological polar surface area (TPSA) is 150 Å². The summed E-state index contributed by atoms with van der Waals surface area (Å²) in [7, 11) is 2.11. The van der Waals surface area contributed by atoms with E-state index >= 15 is 0 Å². The zero-order valence-electron chi connectivity index (χ0n) is 16.1. The summed E-state index contributed by atoms with van der Waals surface area (Å²) in [5, 5.41) is 14.3. The summed E-state index contributed by atoms with van der Waals surface area (Å²) in [5.41, 5.74) is 6.84. The fraction of sp³-hybridized carbons (Fsp3) is 0.688. The molecule has 29 heavy (non-hydrogen) atoms. The van der Waals surface area contributed by atoms with Crippen LogP contribution in [0.3, 0.4) is 0 Å². The molecule has 5 N–H and O–H groups in total. The predicted molar refractivity (Wildman–Crippen MR) is 108 cm³/mol. The molecule has 11 nitrogen and oxygen atoms in total. The third kappa shape index (κ3) is 4.47. The molecule has 1 aliphatic heterocycles. The van der Waals surface area contributed by atoms with Gasteiger partial charge in [-0.05, 0) is 19.8 Å². The molecule has 2 aromatic rings. The van der Waals surface area contributed by atoms with Crippen LogP contribution < -0.4 is 11.1 Å². The number of nitrogens with two attached hydrogens (primary N) is 1. The van der Waals surface area contributed by atoms with E-state index in [4.69, 9.17) is 27.1 Å². The molecule has 0 amide bonds. The highest BCUT2D eigenvalue weighted by Crippen LogP contribution is 2.52. The lowest BCUT2D eigenvalue weighted by molar-refractivity contribution is -0.119. The van der Waals surface area contributed by atoms with Gasteiger partial charge in [0.15, 0.2) is 23.2 Å². The summed E-state index contributed by atoms with van der Waals surface area (Å²) >= 11 is 0. The highest BCUT2D eigenvalue weighted by molar-refractivity contribution is 7.85. The standard InChI is InChI=1S/C16H25BN6O5P/c1-9-6-26-29(17,25)27-7-11(24)15(28-9)23-14-12(13(18)19-8-20-14)22-16(23)21-10-4-2-3-5-10/h8-11,15,24-25H,2-7H2,1H3,(H,21,22)(H2,18,19,20)/q+1/t9-,11-,15+,29?/m0/s1. The Balaban J connectivity index is 1.75. The lowest BCUT2D eigenvalue weighted by Crippen LogP contribution is -2.34. The minimum absolute atomic E-state index is 0.000856. The molecule has 13 heteroatoms. The predicted octanol–water partition coefficient (Wildman–Crippen LogP) is 0.913. The molecule has 3 heterocycles. The molecule has 0 spiro atoms. The van der Waals surface area contributed by atoms with E-state index < -0.39 is 26.3 Å². The highest BCUT2D eigenvalue weighted by Gasteiger charge is 2.40. The molecule has 0 aromatic carbocycles. The largest absolute Gasteiger partial charge is 0.488 e. The second-order valence-electron chi connectivity index (χ2n) is 7.42. The van der Waals surface area contributed by atoms with E-state index in [1.165, 1.54) is 6.33 Å². The van der Waals surface area contributed by atoms with Crippen molar-refractivity contribution in [2.24, 2.45) is 0 Å². The Bertz CT molecular complexity index is 864. The first-order valence-corrected chi connectivity index (χ1v) is 11.3. The summed E-state index contributed by atoms with van der Waals surface area (Å²) < 4.78 is 18.2. The monoisotopic (exact) mass is 423 g/mol. The number of nitrogen functional groups attached to an aromatic ring is 1. The van der Waals surface area contributed by atoms with Crippen LogP contribution in [0, 0.1) is 0 Å². The number of aliphatic hydroxyl groups is 1. The number of hydrogen-bond donors (Lipinski definition) is 4. The van der Waals surface area contributed by atoms with Gasteiger partial charge in [0.25, 0.3) is 0 Å². The third-order valence-electron chi connectivity index (χ3n) is 5.07. The Morgan fingerprint density at radius 1 is 1.28 bits per heavy atom. The van der Waals surface area contributed by atoms with E-state index in [1.807, 2.05) is 0 Å². The van der Waals surface area contributed by atoms with Crippen molar-refractivity contribution in [2.45, 2.75) is 57.1 Å². The van der Waals surface area contributed by atoms with Crippen LogP contribution in [0.4, 0.5) is 11.8 Å². The van der Waals surface area contributed by atoms with E-state index in [0.717, 1.165) is 25.7 Å². The van der Waals surface area contributed by atoms with Gasteiger partial charge in [0.1, 0.15) is 25.6 Å². The molecular weight excluding hydrogens is 398 g/mol. The number of anilines is 2. The van der Waals surface area contributed by atoms with E-state index in [-0.39, 0.29) is 25.1 Å². The molecule has 2 aromatic heterocycles. The van der Waals surface area contributed by atoms with Crippen LogP contribution in [-0.4, -0.2) is 68.5 Å². The van der Waals surface area contributed by atoms with Gasteiger partial charge in [-0.1, -0.05) is 12.8 Å². The molecule has 4 atom stereocenters. The number of fused-ring (bicyclic) bond motifs is 1. The number of ether oxygens (including phenoxy) is 1. The number of nitrogens with one attached hydrogen (secondary N) is 1. The third-order valence-corrected chi connectivity index (χ3v) is 6.11. The van der Waals surface area contributed by atoms with Crippen molar-refractivity contribution in [3.05, 3.63) is 6.33 Å². The minimum Gasteiger partial charge on any atom is -0.386 e. The van der Waals surface area contributed by atoms with Crippen LogP contribution in [0.15, 0.2) is 6.33 Å². The smallest absolute Gasteiger partial charge is 0.386 e. The van der Waals surface area contributed by atoms with Gasteiger partial charge in [0.05, 0.1) is 6.10 Å². The van der Waals surface area contributed by atoms with Crippen molar-refractivity contribution < 1.29 is 23.8 Å². The van der Waals surface area contributed by atoms with Gasteiger partial charge in [0.2, 0.25) is 5.95 Å². The SMILES string of the molecule is [B][P+]1(O)OC[C@H](C)O[C@@H](n2c(NC3CCCC3)nc3c(N)ncnc32)[C@@H](O)CO1. The van der Waals surface area contributed by atoms with Gasteiger partial charge in [-0.15, -0.1) is 0 Å². The second kappa shape index (κ2) is 8.29. The van der Waals surface area contributed by atoms with Crippen LogP contribution in [0.25, 0.3) is 11.2 Å². The Kier molecular flexibility index (Phi) is 5.92. The summed E-state index contributed by atoms with van der Waals surface area (Å²) in [4.78, 5) is 22.9. The van der Waals surface area contributed by atoms with Crippen molar-refractivity contribution in [1.82, 2.24) is 19.5 Å². The Morgan fingerprint density at radius 3 is 2.76 bits per heavy atom. The molecule has 2 radical (unpaired) electrons. The summed E-state index contributed by atoms with van der Waals surface area (Å²) in [5.74, 6) is 0.712. The fourth-order valence-electron chi connectivity index (χ4n) is 3.64. The van der Waals surface area contributed by atoms with Crippen molar-refractivity contribution in [3.8, 4) is 0 Å². The van der Waals surface area contributed by atoms with Crippen LogP contribution >= 0.6 is 7.82 Å². The molecule has 1 aliphatic carbocycles. The lowest BCUT2D eigenvalue weighted by atomic mass is 10.2. The van der Waals surface area contributed by atoms with Gasteiger partial charge in [-0.3, -0.25) is 4.57 Å². The van der Waals surface area contributed by atoms with Crippen LogP contribution in [0.5, 0.6) is 0 Å². The zero-order valence-corrected chi connectivity index (χ0v) is 17.0. The Labute approximate surface area is 169 Å². The lowest BCUT2D eigenvalue weighted by Gasteiger charge is -2.27. The van der Waals surface area contributed by atoms with Gasteiger partial charge in [0, 0.05) is 6.04 Å². The number of aliphatic hydroxyl groups excluding tert-OH is 1. The maximum Gasteiger partial charge on any atom is 0.488 e. The molecule has 4 rings (SSSR count). The minimum atomic E-state index is -3.53. The first-order chi connectivity index (χ1) is 13.8. The summed E-state index contributed by atoms with van der Waals surface area (Å²) in [6.45, 7) is 1.46. The average molecular weight is 423 g/mol. The molecular formula is C16H25BN6O5P+. The van der Waals surface area contributed by atoms with E-state index in [2.05, 4.69) is 20.3 Å².